The molecular formula is C31H28N6O5. The summed E-state index contributed by atoms with van der Waals surface area (Å²) < 4.78 is 17.7. The minimum Gasteiger partial charge on any atom is -0.485 e. The van der Waals surface area contributed by atoms with E-state index < -0.39 is 4.92 Å². The number of benzene rings is 3. The van der Waals surface area contributed by atoms with Crippen molar-refractivity contribution in [1.29, 1.82) is 0 Å². The maximum atomic E-state index is 12.2. The highest BCUT2D eigenvalue weighted by Crippen LogP contribution is 2.42. The summed E-state index contributed by atoms with van der Waals surface area (Å²) in [5.41, 5.74) is 1.89. The number of aromatic nitrogens is 3. The molecule has 1 fully saturated rings. The van der Waals surface area contributed by atoms with E-state index in [0.29, 0.717) is 24.6 Å². The van der Waals surface area contributed by atoms with Gasteiger partial charge in [0.05, 0.1) is 10.5 Å². The second-order valence-electron chi connectivity index (χ2n) is 9.69. The number of anilines is 2. The molecule has 1 aliphatic heterocycles. The third kappa shape index (κ3) is 6.15. The number of nitro groups is 1. The lowest BCUT2D eigenvalue weighted by molar-refractivity contribution is -0.386. The number of hydrogen-bond acceptors (Lipinski definition) is 10. The van der Waals surface area contributed by atoms with E-state index in [1.807, 2.05) is 83.8 Å². The van der Waals surface area contributed by atoms with Crippen LogP contribution in [-0.2, 0) is 13.2 Å². The van der Waals surface area contributed by atoms with Crippen molar-refractivity contribution in [3.05, 3.63) is 118 Å². The quantitative estimate of drug-likeness (QED) is 0.158. The first-order chi connectivity index (χ1) is 20.6. The molecule has 0 amide bonds. The molecule has 212 valence electrons. The van der Waals surface area contributed by atoms with E-state index in [-0.39, 0.29) is 36.3 Å². The zero-order valence-electron chi connectivity index (χ0n) is 22.7. The number of rotatable bonds is 10. The van der Waals surface area contributed by atoms with Crippen LogP contribution in [0.1, 0.15) is 11.1 Å². The first kappa shape index (κ1) is 26.8. The Kier molecular flexibility index (Phi) is 7.89. The lowest BCUT2D eigenvalue weighted by atomic mass is 10.1. The van der Waals surface area contributed by atoms with Crippen LogP contribution in [0.15, 0.2) is 102 Å². The van der Waals surface area contributed by atoms with Gasteiger partial charge in [0.1, 0.15) is 19.0 Å². The third-order valence-corrected chi connectivity index (χ3v) is 6.89. The van der Waals surface area contributed by atoms with Gasteiger partial charge in [0.25, 0.3) is 11.8 Å². The molecule has 0 bridgehead atoms. The second-order valence-corrected chi connectivity index (χ2v) is 9.69. The van der Waals surface area contributed by atoms with Crippen LogP contribution < -0.4 is 19.3 Å². The number of piperazine rings is 1. The SMILES string of the molecule is O=[N+]([O-])c1cc(-c2nc(N3CCN(c4ccccn4)CC3)no2)cc(OCc2ccccc2)c1OCc1ccccc1. The molecule has 1 saturated heterocycles. The summed E-state index contributed by atoms with van der Waals surface area (Å²) in [4.78, 5) is 25.0. The Morgan fingerprint density at radius 1 is 0.810 bits per heavy atom. The highest BCUT2D eigenvalue weighted by molar-refractivity contribution is 5.69. The molecule has 3 aromatic carbocycles. The second kappa shape index (κ2) is 12.4. The highest BCUT2D eigenvalue weighted by Gasteiger charge is 2.27. The van der Waals surface area contributed by atoms with Crippen LogP contribution in [0.5, 0.6) is 11.5 Å². The zero-order valence-corrected chi connectivity index (χ0v) is 22.7. The smallest absolute Gasteiger partial charge is 0.315 e. The van der Waals surface area contributed by atoms with Gasteiger partial charge in [-0.05, 0) is 34.5 Å². The summed E-state index contributed by atoms with van der Waals surface area (Å²) in [6.45, 7) is 3.17. The van der Waals surface area contributed by atoms with Crippen LogP contribution >= 0.6 is 0 Å². The topological polar surface area (TPSA) is 120 Å². The van der Waals surface area contributed by atoms with Crippen LogP contribution in [0.3, 0.4) is 0 Å². The minimum absolute atomic E-state index is 0.0360. The Morgan fingerprint density at radius 3 is 2.10 bits per heavy atom. The fourth-order valence-electron chi connectivity index (χ4n) is 4.70. The molecule has 1 aliphatic rings. The van der Waals surface area contributed by atoms with E-state index in [9.17, 15) is 10.1 Å². The van der Waals surface area contributed by atoms with Crippen molar-refractivity contribution in [1.82, 2.24) is 15.1 Å². The highest BCUT2D eigenvalue weighted by atomic mass is 16.6. The van der Waals surface area contributed by atoms with Gasteiger partial charge in [-0.3, -0.25) is 10.1 Å². The van der Waals surface area contributed by atoms with Crippen LogP contribution in [0.25, 0.3) is 11.5 Å². The first-order valence-corrected chi connectivity index (χ1v) is 13.5. The van der Waals surface area contributed by atoms with Gasteiger partial charge in [-0.25, -0.2) is 4.98 Å². The van der Waals surface area contributed by atoms with Gasteiger partial charge in [0, 0.05) is 38.4 Å². The maximum Gasteiger partial charge on any atom is 0.315 e. The molecule has 0 radical (unpaired) electrons. The van der Waals surface area contributed by atoms with Crippen molar-refractivity contribution in [3.8, 4) is 23.0 Å². The van der Waals surface area contributed by atoms with Gasteiger partial charge in [0.2, 0.25) is 5.75 Å². The van der Waals surface area contributed by atoms with Crippen LogP contribution in [-0.4, -0.2) is 46.2 Å². The van der Waals surface area contributed by atoms with E-state index >= 15 is 0 Å². The van der Waals surface area contributed by atoms with Gasteiger partial charge < -0.3 is 23.8 Å². The summed E-state index contributed by atoms with van der Waals surface area (Å²) in [5, 5.41) is 16.4. The summed E-state index contributed by atoms with van der Waals surface area (Å²) in [6, 6.07) is 27.9. The van der Waals surface area contributed by atoms with Crippen molar-refractivity contribution in [2.24, 2.45) is 0 Å². The number of ether oxygens (including phenoxy) is 2. The van der Waals surface area contributed by atoms with E-state index in [1.165, 1.54) is 6.07 Å². The van der Waals surface area contributed by atoms with E-state index in [4.69, 9.17) is 14.0 Å². The molecule has 42 heavy (non-hydrogen) atoms. The Balaban J connectivity index is 1.26. The Hall–Kier alpha value is -5.45. The van der Waals surface area contributed by atoms with E-state index in [2.05, 4.69) is 20.0 Å². The monoisotopic (exact) mass is 564 g/mol. The largest absolute Gasteiger partial charge is 0.485 e. The van der Waals surface area contributed by atoms with E-state index in [1.54, 1.807) is 12.3 Å². The lowest BCUT2D eigenvalue weighted by Crippen LogP contribution is -2.47. The fourth-order valence-corrected chi connectivity index (χ4v) is 4.70. The Bertz CT molecular complexity index is 1620. The summed E-state index contributed by atoms with van der Waals surface area (Å²) in [7, 11) is 0. The molecule has 2 aromatic heterocycles. The van der Waals surface area contributed by atoms with E-state index in [0.717, 1.165) is 30.0 Å². The molecule has 0 saturated carbocycles. The Morgan fingerprint density at radius 2 is 1.45 bits per heavy atom. The average molecular weight is 565 g/mol. The number of pyridine rings is 1. The van der Waals surface area contributed by atoms with Crippen molar-refractivity contribution in [3.63, 3.8) is 0 Å². The molecule has 6 rings (SSSR count). The third-order valence-electron chi connectivity index (χ3n) is 6.89. The van der Waals surface area contributed by atoms with Gasteiger partial charge in [-0.1, -0.05) is 66.7 Å². The number of hydrogen-bond donors (Lipinski definition) is 0. The molecule has 0 aliphatic carbocycles. The maximum absolute atomic E-state index is 12.2. The van der Waals surface area contributed by atoms with Crippen LogP contribution in [0.4, 0.5) is 17.5 Å². The minimum atomic E-state index is -0.493. The van der Waals surface area contributed by atoms with Crippen molar-refractivity contribution in [2.45, 2.75) is 13.2 Å². The predicted octanol–water partition coefficient (Wildman–Crippen LogP) is 5.52. The molecule has 11 heteroatoms. The number of nitrogens with zero attached hydrogens (tertiary/aromatic N) is 6. The van der Waals surface area contributed by atoms with Gasteiger partial charge in [-0.2, -0.15) is 4.98 Å². The molecule has 0 atom stereocenters. The van der Waals surface area contributed by atoms with Gasteiger partial charge >= 0.3 is 5.69 Å². The van der Waals surface area contributed by atoms with Crippen LogP contribution in [0, 0.1) is 10.1 Å². The van der Waals surface area contributed by atoms with Crippen molar-refractivity contribution >= 4 is 17.5 Å². The summed E-state index contributed by atoms with van der Waals surface area (Å²) in [5.74, 6) is 1.75. The molecule has 0 unspecified atom stereocenters. The van der Waals surface area contributed by atoms with Crippen LogP contribution in [0.2, 0.25) is 0 Å². The average Bonchev–Trinajstić information content (AvgIpc) is 3.55. The van der Waals surface area contributed by atoms with Gasteiger partial charge in [-0.15, -0.1) is 0 Å². The zero-order chi connectivity index (χ0) is 28.7. The van der Waals surface area contributed by atoms with Crippen molar-refractivity contribution in [2.75, 3.05) is 36.0 Å². The molecular weight excluding hydrogens is 536 g/mol. The summed E-state index contributed by atoms with van der Waals surface area (Å²) >= 11 is 0. The molecule has 0 N–H and O–H groups in total. The normalized spacial score (nSPS) is 13.1. The van der Waals surface area contributed by atoms with Gasteiger partial charge in [0.15, 0.2) is 5.75 Å². The molecule has 11 nitrogen and oxygen atoms in total. The standard InChI is InChI=1S/C31H28N6O5/c38-37(39)26-19-25(30-33-31(34-42-30)36-17-15-35(16-18-36)28-13-7-8-14-32-28)20-27(40-21-23-9-3-1-4-10-23)29(26)41-22-24-11-5-2-6-12-24/h1-14,19-20H,15-18,21-22H2. The summed E-state index contributed by atoms with van der Waals surface area (Å²) in [6.07, 6.45) is 1.78. The molecule has 5 aromatic rings. The predicted molar refractivity (Wildman–Crippen MR) is 157 cm³/mol. The molecule has 0 spiro atoms. The molecule has 3 heterocycles. The Labute approximate surface area is 242 Å². The number of nitro benzene ring substituents is 1. The fraction of sp³-hybridized carbons (Fsp3) is 0.194. The first-order valence-electron chi connectivity index (χ1n) is 13.5. The van der Waals surface area contributed by atoms with Crippen molar-refractivity contribution < 1.29 is 18.9 Å². The lowest BCUT2D eigenvalue weighted by Gasteiger charge is -2.34.